The van der Waals surface area contributed by atoms with Crippen LogP contribution >= 0.6 is 0 Å². The minimum absolute atomic E-state index is 0.0160. The van der Waals surface area contributed by atoms with Gasteiger partial charge >= 0.3 is 0 Å². The summed E-state index contributed by atoms with van der Waals surface area (Å²) in [5, 5.41) is 3.18. The van der Waals surface area contributed by atoms with E-state index in [1.807, 2.05) is 27.0 Å². The number of furan rings is 1. The second kappa shape index (κ2) is 5.53. The molecule has 0 aliphatic rings. The van der Waals surface area contributed by atoms with E-state index in [9.17, 15) is 8.78 Å². The van der Waals surface area contributed by atoms with Gasteiger partial charge in [0.15, 0.2) is 11.6 Å². The first-order valence-electron chi connectivity index (χ1n) is 6.19. The predicted molar refractivity (Wildman–Crippen MR) is 70.0 cm³/mol. The summed E-state index contributed by atoms with van der Waals surface area (Å²) in [5.74, 6) is 0.0602. The van der Waals surface area contributed by atoms with E-state index in [1.54, 1.807) is 6.07 Å². The molecule has 1 N–H and O–H groups in total. The first-order chi connectivity index (χ1) is 9.01. The van der Waals surface area contributed by atoms with Crippen LogP contribution in [0.15, 0.2) is 28.7 Å². The van der Waals surface area contributed by atoms with Crippen molar-refractivity contribution < 1.29 is 13.2 Å². The molecule has 1 unspecified atom stereocenters. The van der Waals surface area contributed by atoms with Crippen molar-refractivity contribution in [2.45, 2.75) is 26.3 Å². The average molecular weight is 265 g/mol. The van der Waals surface area contributed by atoms with Gasteiger partial charge in [0.25, 0.3) is 0 Å². The summed E-state index contributed by atoms with van der Waals surface area (Å²) in [4.78, 5) is 0. The minimum atomic E-state index is -0.819. The summed E-state index contributed by atoms with van der Waals surface area (Å²) >= 11 is 0. The molecule has 4 heteroatoms. The van der Waals surface area contributed by atoms with Gasteiger partial charge in [0.2, 0.25) is 0 Å². The van der Waals surface area contributed by atoms with Gasteiger partial charge < -0.3 is 9.73 Å². The van der Waals surface area contributed by atoms with Gasteiger partial charge in [-0.2, -0.15) is 0 Å². The Balaban J connectivity index is 2.23. The quantitative estimate of drug-likeness (QED) is 0.912. The van der Waals surface area contributed by atoms with Crippen LogP contribution in [0.3, 0.4) is 0 Å². The van der Waals surface area contributed by atoms with Crippen LogP contribution in [0, 0.1) is 25.5 Å². The van der Waals surface area contributed by atoms with Crippen LogP contribution in [-0.2, 0) is 6.42 Å². The summed E-state index contributed by atoms with van der Waals surface area (Å²) in [6.45, 7) is 3.79. The smallest absolute Gasteiger partial charge is 0.159 e. The zero-order chi connectivity index (χ0) is 14.0. The third-order valence-electron chi connectivity index (χ3n) is 3.23. The molecule has 1 aromatic heterocycles. The maximum absolute atomic E-state index is 13.2. The molecule has 102 valence electrons. The van der Waals surface area contributed by atoms with Gasteiger partial charge in [0.1, 0.15) is 11.5 Å². The summed E-state index contributed by atoms with van der Waals surface area (Å²) in [5.41, 5.74) is 1.79. The summed E-state index contributed by atoms with van der Waals surface area (Å²) < 4.78 is 31.6. The first kappa shape index (κ1) is 13.7. The third kappa shape index (κ3) is 3.01. The molecule has 0 fully saturated rings. The highest BCUT2D eigenvalue weighted by atomic mass is 19.2. The predicted octanol–water partition coefficient (Wildman–Crippen LogP) is 3.68. The van der Waals surface area contributed by atoms with Crippen molar-refractivity contribution in [1.29, 1.82) is 0 Å². The molecule has 0 spiro atoms. The minimum Gasteiger partial charge on any atom is -0.466 e. The van der Waals surface area contributed by atoms with Crippen LogP contribution in [0.4, 0.5) is 8.78 Å². The maximum Gasteiger partial charge on any atom is 0.159 e. The average Bonchev–Trinajstić information content (AvgIpc) is 2.70. The zero-order valence-corrected chi connectivity index (χ0v) is 11.3. The Labute approximate surface area is 111 Å². The van der Waals surface area contributed by atoms with Gasteiger partial charge in [0.05, 0.1) is 0 Å². The van der Waals surface area contributed by atoms with E-state index < -0.39 is 11.6 Å². The van der Waals surface area contributed by atoms with Crippen LogP contribution < -0.4 is 5.32 Å². The third-order valence-corrected chi connectivity index (χ3v) is 3.23. The Morgan fingerprint density at radius 1 is 1.16 bits per heavy atom. The molecule has 2 aromatic rings. The maximum atomic E-state index is 13.2. The molecule has 0 bridgehead atoms. The molecule has 2 nitrogen and oxygen atoms in total. The lowest BCUT2D eigenvalue weighted by molar-refractivity contribution is 0.488. The van der Waals surface area contributed by atoms with Crippen LogP contribution in [0.1, 0.15) is 28.7 Å². The van der Waals surface area contributed by atoms with Crippen LogP contribution in [0.2, 0.25) is 0 Å². The largest absolute Gasteiger partial charge is 0.466 e. The molecule has 1 atom stereocenters. The molecule has 1 heterocycles. The van der Waals surface area contributed by atoms with Gasteiger partial charge in [0, 0.05) is 11.6 Å². The highest BCUT2D eigenvalue weighted by Crippen LogP contribution is 2.25. The molecule has 0 aliphatic carbocycles. The van der Waals surface area contributed by atoms with Crippen molar-refractivity contribution in [3.05, 3.63) is 58.5 Å². The van der Waals surface area contributed by atoms with Crippen LogP contribution in [-0.4, -0.2) is 7.05 Å². The van der Waals surface area contributed by atoms with E-state index >= 15 is 0 Å². The van der Waals surface area contributed by atoms with Gasteiger partial charge in [-0.25, -0.2) is 8.78 Å². The summed E-state index contributed by atoms with van der Waals surface area (Å²) in [7, 11) is 1.84. The van der Waals surface area contributed by atoms with E-state index in [1.165, 1.54) is 6.07 Å². The van der Waals surface area contributed by atoms with Gasteiger partial charge in [-0.3, -0.25) is 0 Å². The number of likely N-dealkylation sites (N-methyl/N-ethyl adjacent to an activating group) is 1. The van der Waals surface area contributed by atoms with E-state index in [0.717, 1.165) is 28.7 Å². The number of nitrogens with one attached hydrogen (secondary N) is 1. The van der Waals surface area contributed by atoms with E-state index in [-0.39, 0.29) is 6.04 Å². The van der Waals surface area contributed by atoms with Crippen LogP contribution in [0.25, 0.3) is 0 Å². The summed E-state index contributed by atoms with van der Waals surface area (Å²) in [6.07, 6.45) is 0.577. The topological polar surface area (TPSA) is 25.2 Å². The van der Waals surface area contributed by atoms with Gasteiger partial charge in [-0.05, 0) is 51.1 Å². The fourth-order valence-corrected chi connectivity index (χ4v) is 2.27. The molecular formula is C15H17F2NO. The summed E-state index contributed by atoms with van der Waals surface area (Å²) in [6, 6.07) is 5.98. The molecule has 1 aromatic carbocycles. The SMILES string of the molecule is CNC(Cc1ccc(F)c(F)c1)c1cc(C)oc1C. The number of hydrogen-bond acceptors (Lipinski definition) is 2. The molecule has 0 saturated carbocycles. The number of halogens is 2. The van der Waals surface area contributed by atoms with Crippen molar-refractivity contribution in [3.8, 4) is 0 Å². The Hall–Kier alpha value is -1.68. The first-order valence-corrected chi connectivity index (χ1v) is 6.19. The molecule has 0 saturated heterocycles. The Bertz CT molecular complexity index is 578. The van der Waals surface area contributed by atoms with E-state index in [0.29, 0.717) is 6.42 Å². The standard InChI is InChI=1S/C15H17F2NO/c1-9-6-12(10(2)19-9)15(18-3)8-11-4-5-13(16)14(17)7-11/h4-7,15,18H,8H2,1-3H3. The molecule has 0 radical (unpaired) electrons. The van der Waals surface area contributed by atoms with Crippen LogP contribution in [0.5, 0.6) is 0 Å². The number of benzene rings is 1. The van der Waals surface area contributed by atoms with Crippen molar-refractivity contribution in [2.75, 3.05) is 7.05 Å². The van der Waals surface area contributed by atoms with Gasteiger partial charge in [-0.15, -0.1) is 0 Å². The molecule has 0 aliphatic heterocycles. The van der Waals surface area contributed by atoms with E-state index in [2.05, 4.69) is 5.32 Å². The van der Waals surface area contributed by atoms with Gasteiger partial charge in [-0.1, -0.05) is 6.07 Å². The second-order valence-electron chi connectivity index (χ2n) is 4.66. The normalized spacial score (nSPS) is 12.7. The zero-order valence-electron chi connectivity index (χ0n) is 11.3. The lowest BCUT2D eigenvalue weighted by atomic mass is 9.99. The Morgan fingerprint density at radius 2 is 1.89 bits per heavy atom. The Morgan fingerprint density at radius 3 is 2.42 bits per heavy atom. The van der Waals surface area contributed by atoms with Crippen molar-refractivity contribution >= 4 is 0 Å². The molecular weight excluding hydrogens is 248 g/mol. The highest BCUT2D eigenvalue weighted by Gasteiger charge is 2.16. The van der Waals surface area contributed by atoms with Crippen molar-refractivity contribution in [2.24, 2.45) is 0 Å². The number of hydrogen-bond donors (Lipinski definition) is 1. The fourth-order valence-electron chi connectivity index (χ4n) is 2.27. The Kier molecular flexibility index (Phi) is 4.00. The van der Waals surface area contributed by atoms with Crippen molar-refractivity contribution in [1.82, 2.24) is 5.32 Å². The number of aryl methyl sites for hydroxylation is 2. The van der Waals surface area contributed by atoms with E-state index in [4.69, 9.17) is 4.42 Å². The second-order valence-corrected chi connectivity index (χ2v) is 4.66. The fraction of sp³-hybridized carbons (Fsp3) is 0.333. The molecule has 19 heavy (non-hydrogen) atoms. The van der Waals surface area contributed by atoms with Crippen molar-refractivity contribution in [3.63, 3.8) is 0 Å². The monoisotopic (exact) mass is 265 g/mol. The molecule has 0 amide bonds. The molecule has 2 rings (SSSR count). The highest BCUT2D eigenvalue weighted by molar-refractivity contribution is 5.27. The number of rotatable bonds is 4. The lowest BCUT2D eigenvalue weighted by Crippen LogP contribution is -2.19. The lowest BCUT2D eigenvalue weighted by Gasteiger charge is -2.15.